The molecule has 0 aliphatic rings. The van der Waals surface area contributed by atoms with E-state index in [0.717, 1.165) is 17.4 Å². The van der Waals surface area contributed by atoms with Crippen molar-refractivity contribution in [2.45, 2.75) is 32.4 Å². The summed E-state index contributed by atoms with van der Waals surface area (Å²) < 4.78 is 26.2. The predicted octanol–water partition coefficient (Wildman–Crippen LogP) is 3.32. The van der Waals surface area contributed by atoms with Gasteiger partial charge in [-0.25, -0.2) is 4.98 Å². The largest absolute Gasteiger partial charge is 0.338 e. The van der Waals surface area contributed by atoms with E-state index in [-0.39, 0.29) is 18.3 Å². The van der Waals surface area contributed by atoms with Gasteiger partial charge in [0.05, 0.1) is 6.54 Å². The number of thiophene rings is 1. The minimum absolute atomic E-state index is 0.0598. The van der Waals surface area contributed by atoms with Crippen molar-refractivity contribution in [2.24, 2.45) is 0 Å². The summed E-state index contributed by atoms with van der Waals surface area (Å²) in [5, 5.41) is 2.01. The normalized spacial score (nSPS) is 11.0. The Morgan fingerprint density at radius 3 is 3.00 bits per heavy atom. The molecule has 0 saturated carbocycles. The summed E-state index contributed by atoms with van der Waals surface area (Å²) in [5.74, 6) is 0.134. The predicted molar refractivity (Wildman–Crippen MR) is 77.2 cm³/mol. The number of carbonyl (C=O) groups is 1. The zero-order valence-corrected chi connectivity index (χ0v) is 12.5. The summed E-state index contributed by atoms with van der Waals surface area (Å²) in [6.07, 6.45) is 4.56. The van der Waals surface area contributed by atoms with E-state index in [1.165, 1.54) is 22.2 Å². The molecule has 0 N–H and O–H groups in total. The van der Waals surface area contributed by atoms with Gasteiger partial charge in [-0.3, -0.25) is 9.36 Å². The highest BCUT2D eigenvalue weighted by molar-refractivity contribution is 7.09. The standard InChI is InChI=1S/C14H17F2N3OS/c1-18(10-12-17-7-8-19(12)14(15)16)13(20)6-2-4-11-5-3-9-21-11/h3,5,7-9,14H,2,4,6,10H2,1H3. The fraction of sp³-hybridized carbons (Fsp3) is 0.429. The number of carbonyl (C=O) groups excluding carboxylic acids is 1. The molecular formula is C14H17F2N3OS. The fourth-order valence-corrected chi connectivity index (χ4v) is 2.76. The second kappa shape index (κ2) is 7.31. The van der Waals surface area contributed by atoms with Gasteiger partial charge >= 0.3 is 6.55 Å². The van der Waals surface area contributed by atoms with E-state index >= 15 is 0 Å². The van der Waals surface area contributed by atoms with Crippen LogP contribution >= 0.6 is 11.3 Å². The van der Waals surface area contributed by atoms with Crippen LogP contribution in [0.15, 0.2) is 29.9 Å². The van der Waals surface area contributed by atoms with Gasteiger partial charge in [-0.1, -0.05) is 6.07 Å². The van der Waals surface area contributed by atoms with Gasteiger partial charge in [0.25, 0.3) is 0 Å². The lowest BCUT2D eigenvalue weighted by atomic mass is 10.2. The first-order valence-corrected chi connectivity index (χ1v) is 7.52. The molecule has 0 aliphatic carbocycles. The van der Waals surface area contributed by atoms with Gasteiger partial charge in [0.2, 0.25) is 5.91 Å². The highest BCUT2D eigenvalue weighted by atomic mass is 32.1. The molecule has 0 bridgehead atoms. The van der Waals surface area contributed by atoms with Crippen LogP contribution in [0.25, 0.3) is 0 Å². The van der Waals surface area contributed by atoms with Crippen LogP contribution in [-0.2, 0) is 17.8 Å². The van der Waals surface area contributed by atoms with E-state index in [4.69, 9.17) is 0 Å². The third-order valence-electron chi connectivity index (χ3n) is 3.16. The number of rotatable bonds is 7. The summed E-state index contributed by atoms with van der Waals surface area (Å²) in [6.45, 7) is -2.54. The van der Waals surface area contributed by atoms with Gasteiger partial charge < -0.3 is 4.90 Å². The van der Waals surface area contributed by atoms with Gasteiger partial charge in [-0.05, 0) is 24.3 Å². The number of aromatic nitrogens is 2. The smallest absolute Gasteiger partial charge is 0.319 e. The molecule has 0 fully saturated rings. The molecule has 2 aromatic rings. The minimum atomic E-state index is -2.63. The molecule has 7 heteroatoms. The van der Waals surface area contributed by atoms with Gasteiger partial charge in [-0.15, -0.1) is 11.3 Å². The Morgan fingerprint density at radius 2 is 2.33 bits per heavy atom. The number of imidazole rings is 1. The number of nitrogens with zero attached hydrogens (tertiary/aromatic N) is 3. The summed E-state index contributed by atoms with van der Waals surface area (Å²) in [7, 11) is 1.61. The Kier molecular flexibility index (Phi) is 5.44. The lowest BCUT2D eigenvalue weighted by Crippen LogP contribution is -2.27. The van der Waals surface area contributed by atoms with Crippen molar-refractivity contribution in [1.82, 2.24) is 14.5 Å². The van der Waals surface area contributed by atoms with Gasteiger partial charge in [0, 0.05) is 30.7 Å². The van der Waals surface area contributed by atoms with E-state index < -0.39 is 6.55 Å². The maximum atomic E-state index is 12.7. The van der Waals surface area contributed by atoms with Crippen LogP contribution in [0.1, 0.15) is 30.1 Å². The molecule has 0 saturated heterocycles. The number of amides is 1. The van der Waals surface area contributed by atoms with Gasteiger partial charge in [0.1, 0.15) is 5.82 Å². The molecule has 0 unspecified atom stereocenters. The zero-order chi connectivity index (χ0) is 15.2. The maximum absolute atomic E-state index is 12.7. The summed E-state index contributed by atoms with van der Waals surface area (Å²) in [5.41, 5.74) is 0. The van der Waals surface area contributed by atoms with Crippen LogP contribution in [0.3, 0.4) is 0 Å². The minimum Gasteiger partial charge on any atom is -0.338 e. The SMILES string of the molecule is CN(Cc1nccn1C(F)F)C(=O)CCCc1cccs1. The van der Waals surface area contributed by atoms with Crippen molar-refractivity contribution < 1.29 is 13.6 Å². The molecule has 0 spiro atoms. The first kappa shape index (κ1) is 15.6. The van der Waals surface area contributed by atoms with E-state index in [9.17, 15) is 13.6 Å². The lowest BCUT2D eigenvalue weighted by molar-refractivity contribution is -0.130. The van der Waals surface area contributed by atoms with Crippen molar-refractivity contribution >= 4 is 17.2 Å². The van der Waals surface area contributed by atoms with Crippen molar-refractivity contribution in [1.29, 1.82) is 0 Å². The Hall–Kier alpha value is -1.76. The van der Waals surface area contributed by atoms with E-state index in [1.807, 2.05) is 17.5 Å². The number of hydrogen-bond donors (Lipinski definition) is 0. The molecule has 0 aliphatic heterocycles. The molecular weight excluding hydrogens is 296 g/mol. The van der Waals surface area contributed by atoms with E-state index in [2.05, 4.69) is 4.98 Å². The third-order valence-corrected chi connectivity index (χ3v) is 4.09. The Labute approximate surface area is 126 Å². The summed E-state index contributed by atoms with van der Waals surface area (Å²) in [4.78, 5) is 18.5. The average molecular weight is 313 g/mol. The highest BCUT2D eigenvalue weighted by Crippen LogP contribution is 2.15. The molecule has 114 valence electrons. The second-order valence-electron chi connectivity index (χ2n) is 4.71. The number of hydrogen-bond acceptors (Lipinski definition) is 3. The summed E-state index contributed by atoms with van der Waals surface area (Å²) in [6, 6.07) is 4.02. The van der Waals surface area contributed by atoms with Crippen LogP contribution in [0.5, 0.6) is 0 Å². The van der Waals surface area contributed by atoms with Crippen LogP contribution in [-0.4, -0.2) is 27.4 Å². The molecule has 21 heavy (non-hydrogen) atoms. The number of alkyl halides is 2. The average Bonchev–Trinajstić information content (AvgIpc) is 3.09. The van der Waals surface area contributed by atoms with Crippen LogP contribution in [0, 0.1) is 0 Å². The maximum Gasteiger partial charge on any atom is 0.319 e. The lowest BCUT2D eigenvalue weighted by Gasteiger charge is -2.17. The first-order valence-electron chi connectivity index (χ1n) is 6.64. The summed E-state index contributed by atoms with van der Waals surface area (Å²) >= 11 is 1.67. The molecule has 2 rings (SSSR count). The Balaban J connectivity index is 1.80. The van der Waals surface area contributed by atoms with E-state index in [1.54, 1.807) is 18.4 Å². The molecule has 0 radical (unpaired) electrons. The monoisotopic (exact) mass is 313 g/mol. The Bertz CT molecular complexity index is 569. The van der Waals surface area contributed by atoms with Crippen LogP contribution < -0.4 is 0 Å². The van der Waals surface area contributed by atoms with Crippen molar-refractivity contribution in [3.05, 3.63) is 40.6 Å². The number of aryl methyl sites for hydroxylation is 1. The molecule has 2 aromatic heterocycles. The van der Waals surface area contributed by atoms with Crippen LogP contribution in [0.4, 0.5) is 8.78 Å². The van der Waals surface area contributed by atoms with Crippen molar-refractivity contribution in [3.8, 4) is 0 Å². The quantitative estimate of drug-likeness (QED) is 0.786. The fourth-order valence-electron chi connectivity index (χ4n) is 2.00. The molecule has 0 atom stereocenters. The van der Waals surface area contributed by atoms with Gasteiger partial charge in [0.15, 0.2) is 0 Å². The first-order chi connectivity index (χ1) is 10.1. The second-order valence-corrected chi connectivity index (χ2v) is 5.74. The highest BCUT2D eigenvalue weighted by Gasteiger charge is 2.15. The third kappa shape index (κ3) is 4.35. The number of halogens is 2. The molecule has 0 aromatic carbocycles. The van der Waals surface area contributed by atoms with Crippen LogP contribution in [0.2, 0.25) is 0 Å². The van der Waals surface area contributed by atoms with Crippen molar-refractivity contribution in [3.63, 3.8) is 0 Å². The Morgan fingerprint density at radius 1 is 1.52 bits per heavy atom. The molecule has 1 amide bonds. The molecule has 2 heterocycles. The topological polar surface area (TPSA) is 38.1 Å². The zero-order valence-electron chi connectivity index (χ0n) is 11.7. The molecule has 4 nitrogen and oxygen atoms in total. The van der Waals surface area contributed by atoms with Crippen molar-refractivity contribution in [2.75, 3.05) is 7.05 Å². The van der Waals surface area contributed by atoms with E-state index in [0.29, 0.717) is 6.42 Å². The van der Waals surface area contributed by atoms with Gasteiger partial charge in [-0.2, -0.15) is 8.78 Å².